The van der Waals surface area contributed by atoms with E-state index in [2.05, 4.69) is 66.3 Å². The van der Waals surface area contributed by atoms with E-state index < -0.39 is 0 Å². The van der Waals surface area contributed by atoms with Crippen LogP contribution in [0.1, 0.15) is 18.1 Å². The lowest BCUT2D eigenvalue weighted by Gasteiger charge is -2.03. The van der Waals surface area contributed by atoms with Crippen molar-refractivity contribution in [3.63, 3.8) is 0 Å². The largest absolute Gasteiger partial charge is 0.338 e. The first-order chi connectivity index (χ1) is 8.78. The van der Waals surface area contributed by atoms with Crippen LogP contribution >= 0.6 is 0 Å². The Kier molecular flexibility index (Phi) is 2.63. The van der Waals surface area contributed by atoms with Gasteiger partial charge in [-0.25, -0.2) is 4.98 Å². The molecule has 2 aromatic carbocycles. The Bertz CT molecular complexity index is 695. The minimum absolute atomic E-state index is 0.966. The van der Waals surface area contributed by atoms with Crippen LogP contribution in [-0.2, 0) is 6.42 Å². The highest BCUT2D eigenvalue weighted by Crippen LogP contribution is 2.24. The predicted octanol–water partition coefficient (Wildman–Crippen LogP) is 4.10. The molecule has 0 unspecified atom stereocenters. The number of aromatic amines is 1. The fraction of sp³-hybridized carbons (Fsp3) is 0.188. The zero-order valence-electron chi connectivity index (χ0n) is 10.7. The molecule has 0 saturated carbocycles. The third-order valence-electron chi connectivity index (χ3n) is 3.29. The molecule has 1 N–H and O–H groups in total. The number of aromatic nitrogens is 2. The lowest BCUT2D eigenvalue weighted by molar-refractivity contribution is 1.13. The molecule has 2 nitrogen and oxygen atoms in total. The van der Waals surface area contributed by atoms with Crippen molar-refractivity contribution in [1.29, 1.82) is 0 Å². The summed E-state index contributed by atoms with van der Waals surface area (Å²) in [5.41, 5.74) is 5.92. The van der Waals surface area contributed by atoms with Crippen molar-refractivity contribution in [3.8, 4) is 11.4 Å². The number of imidazole rings is 1. The van der Waals surface area contributed by atoms with E-state index in [1.54, 1.807) is 0 Å². The Labute approximate surface area is 107 Å². The van der Waals surface area contributed by atoms with E-state index in [4.69, 9.17) is 0 Å². The molecule has 0 saturated heterocycles. The number of aryl methyl sites for hydroxylation is 2. The van der Waals surface area contributed by atoms with E-state index in [0.717, 1.165) is 23.3 Å². The Morgan fingerprint density at radius 2 is 1.94 bits per heavy atom. The van der Waals surface area contributed by atoms with Gasteiger partial charge in [0.2, 0.25) is 0 Å². The molecular formula is C16H16N2. The van der Waals surface area contributed by atoms with Crippen LogP contribution in [0, 0.1) is 6.92 Å². The number of hydrogen-bond acceptors (Lipinski definition) is 1. The highest BCUT2D eigenvalue weighted by molar-refractivity contribution is 5.80. The molecule has 0 aliphatic carbocycles. The molecule has 0 aliphatic rings. The average Bonchev–Trinajstić information content (AvgIpc) is 2.81. The third-order valence-corrected chi connectivity index (χ3v) is 3.29. The van der Waals surface area contributed by atoms with Crippen molar-refractivity contribution in [3.05, 3.63) is 53.6 Å². The van der Waals surface area contributed by atoms with E-state index in [1.165, 1.54) is 16.7 Å². The molecule has 0 fully saturated rings. The summed E-state index contributed by atoms with van der Waals surface area (Å²) in [7, 11) is 0. The number of benzene rings is 2. The normalized spacial score (nSPS) is 11.0. The first-order valence-electron chi connectivity index (χ1n) is 6.32. The van der Waals surface area contributed by atoms with Crippen molar-refractivity contribution < 1.29 is 0 Å². The van der Waals surface area contributed by atoms with Gasteiger partial charge in [-0.2, -0.15) is 0 Å². The van der Waals surface area contributed by atoms with Gasteiger partial charge in [-0.15, -0.1) is 0 Å². The van der Waals surface area contributed by atoms with Crippen molar-refractivity contribution >= 4 is 11.0 Å². The van der Waals surface area contributed by atoms with Gasteiger partial charge in [0.1, 0.15) is 5.82 Å². The van der Waals surface area contributed by atoms with Crippen LogP contribution < -0.4 is 0 Å². The van der Waals surface area contributed by atoms with Crippen LogP contribution in [0.3, 0.4) is 0 Å². The average molecular weight is 236 g/mol. The van der Waals surface area contributed by atoms with Crippen LogP contribution in [0.25, 0.3) is 22.4 Å². The van der Waals surface area contributed by atoms with Gasteiger partial charge < -0.3 is 4.98 Å². The topological polar surface area (TPSA) is 28.7 Å². The summed E-state index contributed by atoms with van der Waals surface area (Å²) in [4.78, 5) is 8.09. The predicted molar refractivity (Wildman–Crippen MR) is 75.6 cm³/mol. The molecule has 1 aromatic heterocycles. The number of fused-ring (bicyclic) bond motifs is 1. The smallest absolute Gasteiger partial charge is 0.138 e. The second-order valence-corrected chi connectivity index (χ2v) is 4.62. The maximum absolute atomic E-state index is 4.68. The maximum atomic E-state index is 4.68. The van der Waals surface area contributed by atoms with E-state index in [0.29, 0.717) is 0 Å². The SMILES string of the molecule is CCc1ccccc1-c1nc2ccc(C)cc2[nH]1. The first kappa shape index (κ1) is 11.0. The van der Waals surface area contributed by atoms with Gasteiger partial charge in [0, 0.05) is 5.56 Å². The van der Waals surface area contributed by atoms with Crippen LogP contribution in [-0.4, -0.2) is 9.97 Å². The van der Waals surface area contributed by atoms with Crippen LogP contribution in [0.4, 0.5) is 0 Å². The molecular weight excluding hydrogens is 220 g/mol. The Morgan fingerprint density at radius 3 is 2.78 bits per heavy atom. The van der Waals surface area contributed by atoms with Crippen molar-refractivity contribution in [1.82, 2.24) is 9.97 Å². The third kappa shape index (κ3) is 1.80. The van der Waals surface area contributed by atoms with E-state index in [1.807, 2.05) is 0 Å². The Hall–Kier alpha value is -2.09. The van der Waals surface area contributed by atoms with Gasteiger partial charge in [-0.3, -0.25) is 0 Å². The van der Waals surface area contributed by atoms with E-state index in [9.17, 15) is 0 Å². The number of hydrogen-bond donors (Lipinski definition) is 1. The zero-order chi connectivity index (χ0) is 12.5. The Morgan fingerprint density at radius 1 is 1.11 bits per heavy atom. The number of nitrogens with one attached hydrogen (secondary N) is 1. The highest BCUT2D eigenvalue weighted by atomic mass is 14.9. The van der Waals surface area contributed by atoms with E-state index >= 15 is 0 Å². The molecule has 90 valence electrons. The molecule has 2 heteroatoms. The van der Waals surface area contributed by atoms with E-state index in [-0.39, 0.29) is 0 Å². The monoisotopic (exact) mass is 236 g/mol. The molecule has 0 atom stereocenters. The fourth-order valence-corrected chi connectivity index (χ4v) is 2.31. The summed E-state index contributed by atoms with van der Waals surface area (Å²) < 4.78 is 0. The lowest BCUT2D eigenvalue weighted by Crippen LogP contribution is -1.88. The summed E-state index contributed by atoms with van der Waals surface area (Å²) in [6.07, 6.45) is 1.02. The molecule has 1 heterocycles. The molecule has 0 amide bonds. The number of rotatable bonds is 2. The Balaban J connectivity index is 2.19. The molecule has 0 spiro atoms. The molecule has 0 radical (unpaired) electrons. The second kappa shape index (κ2) is 4.30. The molecule has 0 aliphatic heterocycles. The zero-order valence-corrected chi connectivity index (χ0v) is 10.7. The van der Waals surface area contributed by atoms with Gasteiger partial charge in [0.15, 0.2) is 0 Å². The second-order valence-electron chi connectivity index (χ2n) is 4.62. The molecule has 3 rings (SSSR count). The minimum atomic E-state index is 0.966. The quantitative estimate of drug-likeness (QED) is 0.713. The van der Waals surface area contributed by atoms with Gasteiger partial charge in [0.25, 0.3) is 0 Å². The number of nitrogens with zero attached hydrogens (tertiary/aromatic N) is 1. The summed E-state index contributed by atoms with van der Waals surface area (Å²) in [5, 5.41) is 0. The van der Waals surface area contributed by atoms with Crippen molar-refractivity contribution in [2.75, 3.05) is 0 Å². The van der Waals surface area contributed by atoms with Crippen LogP contribution in [0.2, 0.25) is 0 Å². The lowest BCUT2D eigenvalue weighted by atomic mass is 10.1. The van der Waals surface area contributed by atoms with Gasteiger partial charge in [-0.1, -0.05) is 37.3 Å². The van der Waals surface area contributed by atoms with Gasteiger partial charge in [-0.05, 0) is 36.6 Å². The standard InChI is InChI=1S/C16H16N2/c1-3-12-6-4-5-7-13(12)16-17-14-9-8-11(2)10-15(14)18-16/h4-10H,3H2,1-2H3,(H,17,18). The van der Waals surface area contributed by atoms with Crippen LogP contribution in [0.5, 0.6) is 0 Å². The summed E-state index contributed by atoms with van der Waals surface area (Å²) in [6.45, 7) is 4.27. The molecule has 18 heavy (non-hydrogen) atoms. The highest BCUT2D eigenvalue weighted by Gasteiger charge is 2.08. The van der Waals surface area contributed by atoms with Crippen molar-refractivity contribution in [2.24, 2.45) is 0 Å². The van der Waals surface area contributed by atoms with Gasteiger partial charge in [0.05, 0.1) is 11.0 Å². The fourth-order valence-electron chi connectivity index (χ4n) is 2.31. The molecule has 0 bridgehead atoms. The molecule has 3 aromatic rings. The summed E-state index contributed by atoms with van der Waals surface area (Å²) >= 11 is 0. The first-order valence-corrected chi connectivity index (χ1v) is 6.32. The summed E-state index contributed by atoms with van der Waals surface area (Å²) in [5.74, 6) is 0.966. The van der Waals surface area contributed by atoms with Crippen LogP contribution in [0.15, 0.2) is 42.5 Å². The number of H-pyrrole nitrogens is 1. The van der Waals surface area contributed by atoms with Gasteiger partial charge >= 0.3 is 0 Å². The minimum Gasteiger partial charge on any atom is -0.338 e. The van der Waals surface area contributed by atoms with Crippen molar-refractivity contribution in [2.45, 2.75) is 20.3 Å². The maximum Gasteiger partial charge on any atom is 0.138 e. The summed E-state index contributed by atoms with van der Waals surface area (Å²) in [6, 6.07) is 14.7.